The van der Waals surface area contributed by atoms with E-state index in [1.54, 1.807) is 0 Å². The summed E-state index contributed by atoms with van der Waals surface area (Å²) in [6.45, 7) is 2.30. The van der Waals surface area contributed by atoms with Gasteiger partial charge >= 0.3 is 0 Å². The predicted molar refractivity (Wildman–Crippen MR) is 121 cm³/mol. The van der Waals surface area contributed by atoms with Crippen molar-refractivity contribution in [3.05, 3.63) is 0 Å². The standard InChI is InChI=1S/C22H48P2/c1-2-3-4-5-6-7-8-9-10-11-12-13-14-15-16-17-18-19-21-24-22-20-23/h24H,2-23H2,1H3. The lowest BCUT2D eigenvalue weighted by Crippen LogP contribution is -1.85. The van der Waals surface area contributed by atoms with Crippen LogP contribution < -0.4 is 0 Å². The van der Waals surface area contributed by atoms with Gasteiger partial charge in [-0.05, 0) is 24.9 Å². The molecule has 0 aliphatic carbocycles. The van der Waals surface area contributed by atoms with Crippen LogP contribution in [0, 0.1) is 0 Å². The van der Waals surface area contributed by atoms with Crippen LogP contribution in [-0.2, 0) is 0 Å². The van der Waals surface area contributed by atoms with E-state index >= 15 is 0 Å². The Morgan fingerprint density at radius 2 is 0.792 bits per heavy atom. The van der Waals surface area contributed by atoms with E-state index in [0.29, 0.717) is 0 Å². The second-order valence-corrected chi connectivity index (χ2v) is 9.63. The third-order valence-corrected chi connectivity index (χ3v) is 7.24. The molecule has 0 saturated carbocycles. The highest BCUT2D eigenvalue weighted by Crippen LogP contribution is 2.16. The summed E-state index contributed by atoms with van der Waals surface area (Å²) in [6.07, 6.45) is 30.9. The molecule has 0 aromatic rings. The van der Waals surface area contributed by atoms with Gasteiger partial charge in [-0.1, -0.05) is 116 Å². The van der Waals surface area contributed by atoms with Crippen molar-refractivity contribution in [3.8, 4) is 0 Å². The maximum Gasteiger partial charge on any atom is -0.0319 e. The fourth-order valence-electron chi connectivity index (χ4n) is 3.38. The topological polar surface area (TPSA) is 0 Å². The Kier molecular flexibility index (Phi) is 24.7. The van der Waals surface area contributed by atoms with Crippen molar-refractivity contribution in [3.63, 3.8) is 0 Å². The highest BCUT2D eigenvalue weighted by Gasteiger charge is 1.95. The third-order valence-electron chi connectivity index (χ3n) is 5.03. The molecule has 0 aromatic heterocycles. The number of hydrogen-bond acceptors (Lipinski definition) is 0. The van der Waals surface area contributed by atoms with Crippen LogP contribution in [0.25, 0.3) is 0 Å². The molecule has 0 aromatic carbocycles. The number of unbranched alkanes of at least 4 members (excludes halogenated alkanes) is 17. The molecule has 0 spiro atoms. The fourth-order valence-corrected chi connectivity index (χ4v) is 4.95. The molecule has 0 aliphatic heterocycles. The molecule has 2 unspecified atom stereocenters. The first-order chi connectivity index (χ1) is 11.9. The third kappa shape index (κ3) is 22.9. The summed E-state index contributed by atoms with van der Waals surface area (Å²) < 4.78 is 0. The summed E-state index contributed by atoms with van der Waals surface area (Å²) in [5.41, 5.74) is 0. The van der Waals surface area contributed by atoms with Gasteiger partial charge in [-0.25, -0.2) is 0 Å². The molecule has 0 radical (unpaired) electrons. The van der Waals surface area contributed by atoms with E-state index in [9.17, 15) is 0 Å². The Morgan fingerprint density at radius 1 is 0.458 bits per heavy atom. The summed E-state index contributed by atoms with van der Waals surface area (Å²) in [6, 6.07) is 0. The Bertz CT molecular complexity index is 184. The van der Waals surface area contributed by atoms with Gasteiger partial charge in [0.1, 0.15) is 0 Å². The molecule has 2 atom stereocenters. The van der Waals surface area contributed by atoms with Gasteiger partial charge in [0.25, 0.3) is 0 Å². The van der Waals surface area contributed by atoms with Crippen molar-refractivity contribution in [1.29, 1.82) is 0 Å². The van der Waals surface area contributed by atoms with Gasteiger partial charge < -0.3 is 0 Å². The second kappa shape index (κ2) is 23.9. The first-order valence-corrected chi connectivity index (χ1v) is 13.6. The van der Waals surface area contributed by atoms with Gasteiger partial charge in [-0.2, -0.15) is 0 Å². The fraction of sp³-hybridized carbons (Fsp3) is 1.00. The molecule has 0 amide bonds. The van der Waals surface area contributed by atoms with E-state index in [1.165, 1.54) is 143 Å². The first-order valence-electron chi connectivity index (χ1n) is 11.3. The highest BCUT2D eigenvalue weighted by atomic mass is 31.1. The van der Waals surface area contributed by atoms with Crippen LogP contribution in [0.5, 0.6) is 0 Å². The number of rotatable bonds is 21. The highest BCUT2D eigenvalue weighted by molar-refractivity contribution is 7.38. The zero-order chi connectivity index (χ0) is 17.6. The quantitative estimate of drug-likeness (QED) is 0.139. The van der Waals surface area contributed by atoms with Crippen molar-refractivity contribution < 1.29 is 0 Å². The molecular formula is C22H48P2. The molecule has 0 saturated heterocycles. The first kappa shape index (κ1) is 24.9. The molecule has 2 heteroatoms. The average Bonchev–Trinajstić information content (AvgIpc) is 2.60. The van der Waals surface area contributed by atoms with Crippen molar-refractivity contribution in [2.45, 2.75) is 122 Å². The Balaban J connectivity index is 2.93. The van der Waals surface area contributed by atoms with Crippen molar-refractivity contribution in [2.75, 3.05) is 18.5 Å². The van der Waals surface area contributed by atoms with Gasteiger partial charge in [0.15, 0.2) is 0 Å². The van der Waals surface area contributed by atoms with E-state index in [-0.39, 0.29) is 0 Å². The van der Waals surface area contributed by atoms with E-state index in [0.717, 1.165) is 0 Å². The molecule has 0 fully saturated rings. The SMILES string of the molecule is CCCCCCCCCCCCCCCCCCCCPCCP. The summed E-state index contributed by atoms with van der Waals surface area (Å²) in [4.78, 5) is 0. The molecule has 146 valence electrons. The Morgan fingerprint density at radius 3 is 1.12 bits per heavy atom. The van der Waals surface area contributed by atoms with Gasteiger partial charge in [-0.15, -0.1) is 17.8 Å². The van der Waals surface area contributed by atoms with E-state index in [1.807, 2.05) is 0 Å². The molecule has 0 heterocycles. The summed E-state index contributed by atoms with van der Waals surface area (Å²) >= 11 is 0. The lowest BCUT2D eigenvalue weighted by molar-refractivity contribution is 0.526. The Hall–Kier alpha value is 0.860. The minimum atomic E-state index is 1.22. The van der Waals surface area contributed by atoms with Crippen LogP contribution in [0.2, 0.25) is 0 Å². The normalized spacial score (nSPS) is 11.8. The largest absolute Gasteiger partial charge is 0.137 e. The zero-order valence-corrected chi connectivity index (χ0v) is 19.1. The van der Waals surface area contributed by atoms with Gasteiger partial charge in [0.05, 0.1) is 0 Å². The van der Waals surface area contributed by atoms with Crippen molar-refractivity contribution in [2.24, 2.45) is 0 Å². The molecule has 0 nitrogen and oxygen atoms in total. The van der Waals surface area contributed by atoms with Crippen LogP contribution in [0.3, 0.4) is 0 Å². The minimum absolute atomic E-state index is 1.22. The lowest BCUT2D eigenvalue weighted by atomic mass is 10.0. The average molecular weight is 375 g/mol. The smallest absolute Gasteiger partial charge is 0.0319 e. The molecule has 0 aliphatic rings. The second-order valence-electron chi connectivity index (χ2n) is 7.55. The van der Waals surface area contributed by atoms with Crippen molar-refractivity contribution >= 4 is 17.8 Å². The Labute approximate surface area is 159 Å². The molecule has 24 heavy (non-hydrogen) atoms. The zero-order valence-electron chi connectivity index (χ0n) is 16.9. The van der Waals surface area contributed by atoms with Crippen molar-refractivity contribution in [1.82, 2.24) is 0 Å². The maximum atomic E-state index is 2.84. The van der Waals surface area contributed by atoms with Crippen LogP contribution >= 0.6 is 17.8 Å². The predicted octanol–water partition coefficient (Wildman–Crippen LogP) is 8.58. The minimum Gasteiger partial charge on any atom is -0.137 e. The van der Waals surface area contributed by atoms with Crippen LogP contribution in [0.4, 0.5) is 0 Å². The van der Waals surface area contributed by atoms with Gasteiger partial charge in [-0.3, -0.25) is 0 Å². The van der Waals surface area contributed by atoms with Gasteiger partial charge in [0.2, 0.25) is 0 Å². The summed E-state index contributed by atoms with van der Waals surface area (Å²) in [7, 11) is 4.06. The lowest BCUT2D eigenvalue weighted by Gasteiger charge is -2.04. The monoisotopic (exact) mass is 374 g/mol. The van der Waals surface area contributed by atoms with E-state index in [4.69, 9.17) is 0 Å². The summed E-state index contributed by atoms with van der Waals surface area (Å²) in [5, 5.41) is 0. The van der Waals surface area contributed by atoms with Gasteiger partial charge in [0, 0.05) is 0 Å². The molecule has 0 rings (SSSR count). The number of hydrogen-bond donors (Lipinski definition) is 0. The molecule has 0 N–H and O–H groups in total. The molecular weight excluding hydrogens is 326 g/mol. The van der Waals surface area contributed by atoms with Crippen LogP contribution in [0.1, 0.15) is 122 Å². The maximum absolute atomic E-state index is 2.84. The summed E-state index contributed by atoms with van der Waals surface area (Å²) in [5.74, 6) is 0. The molecule has 0 bridgehead atoms. The van der Waals surface area contributed by atoms with Crippen LogP contribution in [-0.4, -0.2) is 18.5 Å². The van der Waals surface area contributed by atoms with E-state index < -0.39 is 0 Å². The van der Waals surface area contributed by atoms with Crippen LogP contribution in [0.15, 0.2) is 0 Å². The van der Waals surface area contributed by atoms with E-state index in [2.05, 4.69) is 16.2 Å².